The molecule has 1 heterocycles. The fraction of sp³-hybridized carbons (Fsp3) is 0.565. The van der Waals surface area contributed by atoms with Crippen molar-refractivity contribution in [2.45, 2.75) is 51.3 Å². The van der Waals surface area contributed by atoms with Gasteiger partial charge in [-0.05, 0) is 62.1 Å². The Bertz CT molecular complexity index is 807. The van der Waals surface area contributed by atoms with Crippen LogP contribution < -0.4 is 10.1 Å². The standard InChI is InChI=1S/C23H31ClN2O2/c1-16(27)12-25-19-5-4-10-26(14-19)13-18-11-22(24)23(28-15-17-8-9-17)21-7-3-2-6-20(18)21/h2-3,6-7,11,16-17,19,25,27H,4-5,8-10,12-15H2,1H3/t16?,19-/m0/s1. The van der Waals surface area contributed by atoms with Gasteiger partial charge >= 0.3 is 0 Å². The normalized spacial score (nSPS) is 21.8. The van der Waals surface area contributed by atoms with Crippen LogP contribution in [-0.2, 0) is 6.54 Å². The summed E-state index contributed by atoms with van der Waals surface area (Å²) in [4.78, 5) is 2.49. The Morgan fingerprint density at radius 3 is 2.79 bits per heavy atom. The van der Waals surface area contributed by atoms with Crippen LogP contribution in [-0.4, -0.2) is 48.4 Å². The Hall–Kier alpha value is -1.33. The average molecular weight is 403 g/mol. The van der Waals surface area contributed by atoms with Gasteiger partial charge in [0, 0.05) is 31.1 Å². The summed E-state index contributed by atoms with van der Waals surface area (Å²) in [6.07, 6.45) is 4.57. The van der Waals surface area contributed by atoms with Gasteiger partial charge in [-0.2, -0.15) is 0 Å². The molecular weight excluding hydrogens is 372 g/mol. The molecule has 1 aliphatic heterocycles. The van der Waals surface area contributed by atoms with E-state index in [2.05, 4.69) is 40.5 Å². The van der Waals surface area contributed by atoms with Gasteiger partial charge < -0.3 is 15.2 Å². The average Bonchev–Trinajstić information content (AvgIpc) is 3.51. The van der Waals surface area contributed by atoms with Crippen molar-refractivity contribution in [1.29, 1.82) is 0 Å². The fourth-order valence-electron chi connectivity index (χ4n) is 4.09. The molecule has 1 saturated heterocycles. The summed E-state index contributed by atoms with van der Waals surface area (Å²) in [6.45, 7) is 6.23. The van der Waals surface area contributed by atoms with E-state index < -0.39 is 0 Å². The van der Waals surface area contributed by atoms with Crippen LogP contribution in [0.1, 0.15) is 38.2 Å². The largest absolute Gasteiger partial charge is 0.491 e. The molecule has 2 atom stereocenters. The molecule has 152 valence electrons. The first-order valence-corrected chi connectivity index (χ1v) is 10.9. The zero-order chi connectivity index (χ0) is 19.5. The van der Waals surface area contributed by atoms with Crippen molar-refractivity contribution in [3.63, 3.8) is 0 Å². The van der Waals surface area contributed by atoms with Crippen LogP contribution in [0.5, 0.6) is 5.75 Å². The maximum atomic E-state index is 9.54. The van der Waals surface area contributed by atoms with E-state index in [1.54, 1.807) is 0 Å². The van der Waals surface area contributed by atoms with Crippen molar-refractivity contribution in [2.75, 3.05) is 26.2 Å². The zero-order valence-corrected chi connectivity index (χ0v) is 17.4. The van der Waals surface area contributed by atoms with Gasteiger partial charge in [-0.25, -0.2) is 0 Å². The van der Waals surface area contributed by atoms with Gasteiger partial charge in [0.1, 0.15) is 5.75 Å². The summed E-state index contributed by atoms with van der Waals surface area (Å²) in [6, 6.07) is 11.0. The number of aliphatic hydroxyl groups excluding tert-OH is 1. The Morgan fingerprint density at radius 1 is 1.25 bits per heavy atom. The lowest BCUT2D eigenvalue weighted by atomic mass is 10.0. The molecule has 2 fully saturated rings. The Balaban J connectivity index is 1.51. The minimum Gasteiger partial charge on any atom is -0.491 e. The van der Waals surface area contributed by atoms with Crippen molar-refractivity contribution in [2.24, 2.45) is 5.92 Å². The number of benzene rings is 2. The third-order valence-electron chi connectivity index (χ3n) is 5.80. The quantitative estimate of drug-likeness (QED) is 0.694. The SMILES string of the molecule is CC(O)CN[C@H]1CCCN(Cc2cc(Cl)c(OCC3CC3)c3ccccc23)C1. The molecule has 2 N–H and O–H groups in total. The van der Waals surface area contributed by atoms with Crippen LogP contribution in [0.25, 0.3) is 10.8 Å². The zero-order valence-electron chi connectivity index (χ0n) is 16.7. The van der Waals surface area contributed by atoms with Crippen molar-refractivity contribution >= 4 is 22.4 Å². The summed E-state index contributed by atoms with van der Waals surface area (Å²) >= 11 is 6.66. The third-order valence-corrected chi connectivity index (χ3v) is 6.08. The molecule has 1 unspecified atom stereocenters. The first kappa shape index (κ1) is 20.0. The van der Waals surface area contributed by atoms with Crippen molar-refractivity contribution < 1.29 is 9.84 Å². The number of fused-ring (bicyclic) bond motifs is 1. The van der Waals surface area contributed by atoms with Crippen LogP contribution in [0.4, 0.5) is 0 Å². The molecule has 5 heteroatoms. The molecule has 2 aromatic rings. The van der Waals surface area contributed by atoms with Crippen LogP contribution in [0.2, 0.25) is 5.02 Å². The lowest BCUT2D eigenvalue weighted by molar-refractivity contribution is 0.153. The second-order valence-electron chi connectivity index (χ2n) is 8.48. The van der Waals surface area contributed by atoms with Crippen molar-refractivity contribution in [3.05, 3.63) is 40.9 Å². The number of nitrogens with zero attached hydrogens (tertiary/aromatic N) is 1. The van der Waals surface area contributed by atoms with Crippen molar-refractivity contribution in [3.8, 4) is 5.75 Å². The minimum absolute atomic E-state index is 0.304. The number of piperidine rings is 1. The lowest BCUT2D eigenvalue weighted by Crippen LogP contribution is -2.46. The van der Waals surface area contributed by atoms with Gasteiger partial charge in [0.2, 0.25) is 0 Å². The highest BCUT2D eigenvalue weighted by molar-refractivity contribution is 6.33. The lowest BCUT2D eigenvalue weighted by Gasteiger charge is -2.34. The van der Waals surface area contributed by atoms with Crippen LogP contribution in [0, 0.1) is 5.92 Å². The van der Waals surface area contributed by atoms with E-state index in [4.69, 9.17) is 16.3 Å². The summed E-state index contributed by atoms with van der Waals surface area (Å²) in [7, 11) is 0. The molecule has 4 nitrogen and oxygen atoms in total. The molecule has 28 heavy (non-hydrogen) atoms. The number of rotatable bonds is 8. The summed E-state index contributed by atoms with van der Waals surface area (Å²) < 4.78 is 6.11. The Morgan fingerprint density at radius 2 is 2.04 bits per heavy atom. The highest BCUT2D eigenvalue weighted by Gasteiger charge is 2.24. The molecule has 0 spiro atoms. The molecule has 0 radical (unpaired) electrons. The second-order valence-corrected chi connectivity index (χ2v) is 8.89. The number of hydrogen-bond donors (Lipinski definition) is 2. The number of likely N-dealkylation sites (tertiary alicyclic amines) is 1. The van der Waals surface area contributed by atoms with Crippen LogP contribution >= 0.6 is 11.6 Å². The molecular formula is C23H31ClN2O2. The van der Waals surface area contributed by atoms with E-state index in [9.17, 15) is 5.11 Å². The van der Waals surface area contributed by atoms with Gasteiger partial charge in [0.25, 0.3) is 0 Å². The van der Waals surface area contributed by atoms with Gasteiger partial charge in [-0.15, -0.1) is 0 Å². The summed E-state index contributed by atoms with van der Waals surface area (Å²) in [5.74, 6) is 1.54. The van der Waals surface area contributed by atoms with Crippen LogP contribution in [0.15, 0.2) is 30.3 Å². The number of hydrogen-bond acceptors (Lipinski definition) is 4. The molecule has 1 saturated carbocycles. The first-order valence-electron chi connectivity index (χ1n) is 10.6. The maximum Gasteiger partial charge on any atom is 0.145 e. The highest BCUT2D eigenvalue weighted by atomic mass is 35.5. The number of ether oxygens (including phenoxy) is 1. The minimum atomic E-state index is -0.304. The van der Waals surface area contributed by atoms with Gasteiger partial charge in [0.15, 0.2) is 0 Å². The fourth-order valence-corrected chi connectivity index (χ4v) is 4.38. The summed E-state index contributed by atoms with van der Waals surface area (Å²) in [5.41, 5.74) is 1.26. The number of aliphatic hydroxyl groups is 1. The van der Waals surface area contributed by atoms with E-state index >= 15 is 0 Å². The van der Waals surface area contributed by atoms with E-state index in [0.717, 1.165) is 42.4 Å². The van der Waals surface area contributed by atoms with Crippen molar-refractivity contribution in [1.82, 2.24) is 10.2 Å². The second kappa shape index (κ2) is 9.00. The topological polar surface area (TPSA) is 44.7 Å². The highest BCUT2D eigenvalue weighted by Crippen LogP contribution is 2.38. The first-order chi connectivity index (χ1) is 13.6. The van der Waals surface area contributed by atoms with E-state index in [1.807, 2.05) is 6.92 Å². The predicted molar refractivity (Wildman–Crippen MR) is 115 cm³/mol. The third kappa shape index (κ3) is 4.98. The smallest absolute Gasteiger partial charge is 0.145 e. The predicted octanol–water partition coefficient (Wildman–Crippen LogP) is 4.22. The van der Waals surface area contributed by atoms with Gasteiger partial charge in [-0.3, -0.25) is 4.90 Å². The molecule has 0 bridgehead atoms. The Labute approximate surface area is 172 Å². The molecule has 0 amide bonds. The molecule has 2 aromatic carbocycles. The van der Waals surface area contributed by atoms with E-state index in [0.29, 0.717) is 18.5 Å². The molecule has 1 aliphatic carbocycles. The molecule has 0 aromatic heterocycles. The monoisotopic (exact) mass is 402 g/mol. The van der Waals surface area contributed by atoms with E-state index in [-0.39, 0.29) is 6.10 Å². The van der Waals surface area contributed by atoms with Gasteiger partial charge in [-0.1, -0.05) is 35.9 Å². The molecule has 2 aliphatic rings. The Kier molecular flexibility index (Phi) is 6.42. The maximum absolute atomic E-state index is 9.54. The van der Waals surface area contributed by atoms with E-state index in [1.165, 1.54) is 36.6 Å². The summed E-state index contributed by atoms with van der Waals surface area (Å²) in [5, 5.41) is 16.1. The van der Waals surface area contributed by atoms with Gasteiger partial charge in [0.05, 0.1) is 17.7 Å². The number of nitrogens with one attached hydrogen (secondary N) is 1. The number of halogens is 1. The van der Waals surface area contributed by atoms with Crippen LogP contribution in [0.3, 0.4) is 0 Å². The molecule has 4 rings (SSSR count).